The molecule has 17 heavy (non-hydrogen) atoms. The first-order valence-corrected chi connectivity index (χ1v) is 5.75. The van der Waals surface area contributed by atoms with Gasteiger partial charge in [0.05, 0.1) is 6.42 Å². The Bertz CT molecular complexity index is 269. The van der Waals surface area contributed by atoms with Gasteiger partial charge in [0.15, 0.2) is 0 Å². The third-order valence-electron chi connectivity index (χ3n) is 3.38. The molecule has 0 heterocycles. The Labute approximate surface area is 97.0 Å². The van der Waals surface area contributed by atoms with Crippen molar-refractivity contribution in [3.63, 3.8) is 0 Å². The second kappa shape index (κ2) is 5.23. The molecular weight excluding hydrogens is 240 g/mol. The number of alkyl halides is 4. The highest BCUT2D eigenvalue weighted by atomic mass is 19.4. The zero-order valence-corrected chi connectivity index (χ0v) is 9.39. The van der Waals surface area contributed by atoms with Crippen LogP contribution in [-0.2, 0) is 4.79 Å². The third kappa shape index (κ3) is 3.33. The summed E-state index contributed by atoms with van der Waals surface area (Å²) in [4.78, 5) is 10.5. The molecule has 0 aromatic rings. The summed E-state index contributed by atoms with van der Waals surface area (Å²) in [5.74, 6) is -2.96. The third-order valence-corrected chi connectivity index (χ3v) is 3.38. The molecule has 1 aliphatic rings. The summed E-state index contributed by atoms with van der Waals surface area (Å²) in [5, 5.41) is 8.47. The summed E-state index contributed by atoms with van der Waals surface area (Å²) in [5.41, 5.74) is -3.58. The Balaban J connectivity index is 2.91. The molecule has 1 atom stereocenters. The summed E-state index contributed by atoms with van der Waals surface area (Å²) in [7, 11) is 0. The number of carbonyl (C=O) groups is 1. The summed E-state index contributed by atoms with van der Waals surface area (Å²) < 4.78 is 52.3. The maximum absolute atomic E-state index is 14.1. The lowest BCUT2D eigenvalue weighted by Gasteiger charge is -2.33. The number of aliphatic carboxylic acids is 1. The van der Waals surface area contributed by atoms with Crippen molar-refractivity contribution >= 4 is 5.97 Å². The molecule has 0 radical (unpaired) electrons. The predicted molar refractivity (Wildman–Crippen MR) is 53.3 cm³/mol. The van der Waals surface area contributed by atoms with Gasteiger partial charge in [0.2, 0.25) is 5.67 Å². The van der Waals surface area contributed by atoms with Crippen LogP contribution >= 0.6 is 0 Å². The molecule has 0 saturated heterocycles. The standard InChI is InChI=1S/C11H16F4O2/c12-10(7-9(16)17,11(13,14)15)8-5-3-1-2-4-6-8/h8H,1-7H2,(H,16,17). The molecule has 1 unspecified atom stereocenters. The molecule has 0 aromatic heterocycles. The fraction of sp³-hybridized carbons (Fsp3) is 0.909. The minimum Gasteiger partial charge on any atom is -0.481 e. The largest absolute Gasteiger partial charge is 0.481 e. The fourth-order valence-corrected chi connectivity index (χ4v) is 2.43. The fourth-order valence-electron chi connectivity index (χ4n) is 2.43. The molecular formula is C11H16F4O2. The van der Waals surface area contributed by atoms with E-state index in [0.717, 1.165) is 12.8 Å². The number of carboxylic acid groups (broad SMARTS) is 1. The maximum Gasteiger partial charge on any atom is 0.423 e. The van der Waals surface area contributed by atoms with Crippen LogP contribution in [0.2, 0.25) is 0 Å². The van der Waals surface area contributed by atoms with Gasteiger partial charge in [-0.25, -0.2) is 4.39 Å². The van der Waals surface area contributed by atoms with Gasteiger partial charge in [-0.15, -0.1) is 0 Å². The van der Waals surface area contributed by atoms with E-state index in [0.29, 0.717) is 12.8 Å². The van der Waals surface area contributed by atoms with Crippen LogP contribution in [0.3, 0.4) is 0 Å². The lowest BCUT2D eigenvalue weighted by atomic mass is 9.80. The van der Waals surface area contributed by atoms with Crippen LogP contribution in [0.5, 0.6) is 0 Å². The number of hydrogen-bond donors (Lipinski definition) is 1. The molecule has 0 amide bonds. The van der Waals surface area contributed by atoms with Crippen molar-refractivity contribution < 1.29 is 27.5 Å². The Morgan fingerprint density at radius 1 is 1.06 bits per heavy atom. The number of hydrogen-bond acceptors (Lipinski definition) is 1. The summed E-state index contributed by atoms with van der Waals surface area (Å²) in [6, 6.07) is 0. The van der Waals surface area contributed by atoms with Crippen molar-refractivity contribution in [2.75, 3.05) is 0 Å². The van der Waals surface area contributed by atoms with Crippen molar-refractivity contribution in [1.29, 1.82) is 0 Å². The van der Waals surface area contributed by atoms with Crippen LogP contribution in [0.25, 0.3) is 0 Å². The van der Waals surface area contributed by atoms with Gasteiger partial charge in [-0.3, -0.25) is 4.79 Å². The average molecular weight is 256 g/mol. The van der Waals surface area contributed by atoms with Gasteiger partial charge in [0, 0.05) is 5.92 Å². The Kier molecular flexibility index (Phi) is 4.38. The van der Waals surface area contributed by atoms with E-state index in [1.165, 1.54) is 0 Å². The monoisotopic (exact) mass is 256 g/mol. The lowest BCUT2D eigenvalue weighted by Crippen LogP contribution is -2.49. The second-order valence-corrected chi connectivity index (χ2v) is 4.62. The van der Waals surface area contributed by atoms with Crippen molar-refractivity contribution in [3.8, 4) is 0 Å². The van der Waals surface area contributed by atoms with Crippen LogP contribution in [0.4, 0.5) is 17.6 Å². The zero-order valence-electron chi connectivity index (χ0n) is 9.39. The molecule has 1 rings (SSSR count). The zero-order chi connectivity index (χ0) is 13.1. The van der Waals surface area contributed by atoms with E-state index in [9.17, 15) is 22.4 Å². The summed E-state index contributed by atoms with van der Waals surface area (Å²) in [6.07, 6.45) is -3.72. The Morgan fingerprint density at radius 2 is 1.53 bits per heavy atom. The van der Waals surface area contributed by atoms with Crippen LogP contribution < -0.4 is 0 Å². The first-order chi connectivity index (χ1) is 7.77. The topological polar surface area (TPSA) is 37.3 Å². The van der Waals surface area contributed by atoms with E-state index < -0.39 is 30.2 Å². The van der Waals surface area contributed by atoms with Crippen molar-refractivity contribution in [2.24, 2.45) is 5.92 Å². The second-order valence-electron chi connectivity index (χ2n) is 4.62. The van der Waals surface area contributed by atoms with Gasteiger partial charge in [0.25, 0.3) is 0 Å². The Hall–Kier alpha value is -0.810. The SMILES string of the molecule is O=C(O)CC(F)(C1CCCCCC1)C(F)(F)F. The minimum absolute atomic E-state index is 0.114. The molecule has 0 bridgehead atoms. The van der Waals surface area contributed by atoms with Crippen LogP contribution in [0.15, 0.2) is 0 Å². The van der Waals surface area contributed by atoms with E-state index in [2.05, 4.69) is 0 Å². The highest BCUT2D eigenvalue weighted by molar-refractivity contribution is 5.68. The van der Waals surface area contributed by atoms with Crippen molar-refractivity contribution in [3.05, 3.63) is 0 Å². The van der Waals surface area contributed by atoms with Gasteiger partial charge in [0.1, 0.15) is 0 Å². The molecule has 100 valence electrons. The van der Waals surface area contributed by atoms with E-state index in [-0.39, 0.29) is 12.8 Å². The molecule has 1 fully saturated rings. The summed E-state index contributed by atoms with van der Waals surface area (Å²) >= 11 is 0. The maximum atomic E-state index is 14.1. The van der Waals surface area contributed by atoms with Crippen molar-refractivity contribution in [2.45, 2.75) is 56.8 Å². The minimum atomic E-state index is -5.11. The molecule has 1 N–H and O–H groups in total. The first-order valence-electron chi connectivity index (χ1n) is 5.75. The smallest absolute Gasteiger partial charge is 0.423 e. The molecule has 6 heteroatoms. The Morgan fingerprint density at radius 3 is 1.88 bits per heavy atom. The van der Waals surface area contributed by atoms with Crippen LogP contribution in [-0.4, -0.2) is 22.9 Å². The number of rotatable bonds is 3. The molecule has 0 spiro atoms. The van der Waals surface area contributed by atoms with Crippen LogP contribution in [0.1, 0.15) is 44.9 Å². The van der Waals surface area contributed by atoms with E-state index in [1.807, 2.05) is 0 Å². The first kappa shape index (κ1) is 14.3. The van der Waals surface area contributed by atoms with Gasteiger partial charge in [-0.2, -0.15) is 13.2 Å². The summed E-state index contributed by atoms with van der Waals surface area (Å²) in [6.45, 7) is 0. The van der Waals surface area contributed by atoms with E-state index >= 15 is 0 Å². The van der Waals surface area contributed by atoms with Gasteiger partial charge in [-0.05, 0) is 12.8 Å². The normalized spacial score (nSPS) is 22.8. The average Bonchev–Trinajstić information content (AvgIpc) is 2.42. The molecule has 0 aromatic carbocycles. The van der Waals surface area contributed by atoms with Crippen LogP contribution in [0, 0.1) is 5.92 Å². The van der Waals surface area contributed by atoms with E-state index in [4.69, 9.17) is 5.11 Å². The highest BCUT2D eigenvalue weighted by Gasteiger charge is 2.61. The lowest BCUT2D eigenvalue weighted by molar-refractivity contribution is -0.253. The van der Waals surface area contributed by atoms with Gasteiger partial charge < -0.3 is 5.11 Å². The predicted octanol–water partition coefficient (Wildman–Crippen LogP) is 3.70. The molecule has 2 nitrogen and oxygen atoms in total. The van der Waals surface area contributed by atoms with E-state index in [1.54, 1.807) is 0 Å². The van der Waals surface area contributed by atoms with Crippen molar-refractivity contribution in [1.82, 2.24) is 0 Å². The quantitative estimate of drug-likeness (QED) is 0.617. The number of carboxylic acids is 1. The molecule has 1 saturated carbocycles. The van der Waals surface area contributed by atoms with Gasteiger partial charge >= 0.3 is 12.1 Å². The molecule has 0 aliphatic heterocycles. The van der Waals surface area contributed by atoms with Gasteiger partial charge in [-0.1, -0.05) is 25.7 Å². The highest BCUT2D eigenvalue weighted by Crippen LogP contribution is 2.47. The number of halogens is 4. The molecule has 1 aliphatic carbocycles.